The summed E-state index contributed by atoms with van der Waals surface area (Å²) >= 11 is 1.29. The Bertz CT molecular complexity index is 638. The molecule has 2 aromatic heterocycles. The van der Waals surface area contributed by atoms with Gasteiger partial charge in [0.25, 0.3) is 5.91 Å². The minimum Gasteiger partial charge on any atom is -0.480 e. The van der Waals surface area contributed by atoms with Gasteiger partial charge < -0.3 is 15.0 Å². The first kappa shape index (κ1) is 15.3. The molecule has 1 atom stereocenters. The summed E-state index contributed by atoms with van der Waals surface area (Å²) in [5.41, 5.74) is 0.187. The normalized spacial score (nSPS) is 12.9. The third kappa shape index (κ3) is 3.33. The van der Waals surface area contributed by atoms with E-state index >= 15 is 0 Å². The lowest BCUT2D eigenvalue weighted by Crippen LogP contribution is -2.49. The lowest BCUT2D eigenvalue weighted by molar-refractivity contribution is -0.142. The van der Waals surface area contributed by atoms with Gasteiger partial charge in [-0.05, 0) is 29.0 Å². The van der Waals surface area contributed by atoms with Gasteiger partial charge in [-0.3, -0.25) is 4.79 Å². The van der Waals surface area contributed by atoms with Crippen LogP contribution in [0.25, 0.3) is 5.69 Å². The Kier molecular flexibility index (Phi) is 4.18. The highest BCUT2D eigenvalue weighted by molar-refractivity contribution is 7.12. The zero-order valence-corrected chi connectivity index (χ0v) is 13.0. The summed E-state index contributed by atoms with van der Waals surface area (Å²) in [7, 11) is 0. The molecule has 2 rings (SSSR count). The first-order valence-electron chi connectivity index (χ1n) is 6.55. The van der Waals surface area contributed by atoms with Crippen molar-refractivity contribution in [1.29, 1.82) is 0 Å². The second-order valence-corrected chi connectivity index (χ2v) is 6.75. The molecule has 1 amide bonds. The quantitative estimate of drug-likeness (QED) is 0.912. The molecule has 0 saturated heterocycles. The highest BCUT2D eigenvalue weighted by Gasteiger charge is 2.33. The number of carbonyl (C=O) groups excluding carboxylic acids is 1. The minimum atomic E-state index is -1.03. The summed E-state index contributed by atoms with van der Waals surface area (Å²) in [6.45, 7) is 5.36. The largest absolute Gasteiger partial charge is 0.480 e. The van der Waals surface area contributed by atoms with Crippen LogP contribution >= 0.6 is 11.3 Å². The van der Waals surface area contributed by atoms with E-state index in [1.54, 1.807) is 20.8 Å². The SMILES string of the molecule is CC(C)(C)[C@H](NC(=O)c1sccc1-n1cccc1)C(=O)O. The van der Waals surface area contributed by atoms with Gasteiger partial charge in [-0.25, -0.2) is 4.79 Å². The minimum absolute atomic E-state index is 0.365. The zero-order chi connectivity index (χ0) is 15.6. The molecular weight excluding hydrogens is 288 g/mol. The van der Waals surface area contributed by atoms with Gasteiger partial charge >= 0.3 is 5.97 Å². The average molecular weight is 306 g/mol. The Morgan fingerprint density at radius 1 is 1.29 bits per heavy atom. The summed E-state index contributed by atoms with van der Waals surface area (Å²) < 4.78 is 1.83. The van der Waals surface area contributed by atoms with Crippen molar-refractivity contribution in [3.05, 3.63) is 40.8 Å². The third-order valence-electron chi connectivity index (χ3n) is 3.12. The summed E-state index contributed by atoms with van der Waals surface area (Å²) in [6.07, 6.45) is 3.69. The molecule has 2 heterocycles. The van der Waals surface area contributed by atoms with E-state index in [-0.39, 0.29) is 5.91 Å². The van der Waals surface area contributed by atoms with E-state index in [1.165, 1.54) is 11.3 Å². The Hall–Kier alpha value is -2.08. The second kappa shape index (κ2) is 5.73. The maximum Gasteiger partial charge on any atom is 0.326 e. The van der Waals surface area contributed by atoms with E-state index in [1.807, 2.05) is 40.5 Å². The second-order valence-electron chi connectivity index (χ2n) is 5.84. The molecule has 0 radical (unpaired) electrons. The van der Waals surface area contributed by atoms with Crippen molar-refractivity contribution in [2.75, 3.05) is 0 Å². The number of hydrogen-bond donors (Lipinski definition) is 2. The molecule has 0 unspecified atom stereocenters. The van der Waals surface area contributed by atoms with Crippen LogP contribution in [0.15, 0.2) is 36.0 Å². The van der Waals surface area contributed by atoms with Crippen molar-refractivity contribution in [3.63, 3.8) is 0 Å². The highest BCUT2D eigenvalue weighted by atomic mass is 32.1. The number of carboxylic acid groups (broad SMARTS) is 1. The number of nitrogens with zero attached hydrogens (tertiary/aromatic N) is 1. The van der Waals surface area contributed by atoms with Gasteiger partial charge in [0.1, 0.15) is 10.9 Å². The number of carboxylic acids is 1. The van der Waals surface area contributed by atoms with Gasteiger partial charge in [-0.1, -0.05) is 20.8 Å². The monoisotopic (exact) mass is 306 g/mol. The Morgan fingerprint density at radius 2 is 1.90 bits per heavy atom. The van der Waals surface area contributed by atoms with Crippen LogP contribution < -0.4 is 5.32 Å². The lowest BCUT2D eigenvalue weighted by Gasteiger charge is -2.27. The first-order valence-corrected chi connectivity index (χ1v) is 7.43. The van der Waals surface area contributed by atoms with Crippen molar-refractivity contribution in [3.8, 4) is 5.69 Å². The zero-order valence-electron chi connectivity index (χ0n) is 12.2. The fourth-order valence-electron chi connectivity index (χ4n) is 2.02. The molecule has 0 bridgehead atoms. The summed E-state index contributed by atoms with van der Waals surface area (Å²) in [6, 6.07) is 4.64. The van der Waals surface area contributed by atoms with Crippen molar-refractivity contribution < 1.29 is 14.7 Å². The van der Waals surface area contributed by atoms with Crippen molar-refractivity contribution in [2.45, 2.75) is 26.8 Å². The van der Waals surface area contributed by atoms with E-state index in [2.05, 4.69) is 5.32 Å². The van der Waals surface area contributed by atoms with Gasteiger partial charge in [-0.2, -0.15) is 0 Å². The van der Waals surface area contributed by atoms with E-state index in [4.69, 9.17) is 0 Å². The van der Waals surface area contributed by atoms with E-state index in [0.717, 1.165) is 5.69 Å². The molecule has 0 aliphatic heterocycles. The Balaban J connectivity index is 2.26. The van der Waals surface area contributed by atoms with Crippen LogP contribution in [0, 0.1) is 5.41 Å². The summed E-state index contributed by atoms with van der Waals surface area (Å²) in [5, 5.41) is 13.7. The molecule has 5 nitrogen and oxygen atoms in total. The van der Waals surface area contributed by atoms with Gasteiger partial charge in [0.05, 0.1) is 5.69 Å². The molecule has 21 heavy (non-hydrogen) atoms. The Labute approximate surface area is 127 Å². The number of rotatable bonds is 4. The predicted molar refractivity (Wildman–Crippen MR) is 82.0 cm³/mol. The molecule has 112 valence electrons. The number of hydrogen-bond acceptors (Lipinski definition) is 3. The van der Waals surface area contributed by atoms with Crippen LogP contribution in [0.2, 0.25) is 0 Å². The van der Waals surface area contributed by atoms with Gasteiger partial charge in [-0.15, -0.1) is 11.3 Å². The lowest BCUT2D eigenvalue weighted by atomic mass is 9.87. The topological polar surface area (TPSA) is 71.3 Å². The molecule has 6 heteroatoms. The Morgan fingerprint density at radius 3 is 2.43 bits per heavy atom. The maximum absolute atomic E-state index is 12.4. The number of amides is 1. The van der Waals surface area contributed by atoms with Crippen LogP contribution in [0.4, 0.5) is 0 Å². The van der Waals surface area contributed by atoms with Crippen molar-refractivity contribution in [2.24, 2.45) is 5.41 Å². The number of aromatic nitrogens is 1. The smallest absolute Gasteiger partial charge is 0.326 e. The number of nitrogens with one attached hydrogen (secondary N) is 1. The molecule has 0 saturated carbocycles. The highest BCUT2D eigenvalue weighted by Crippen LogP contribution is 2.24. The van der Waals surface area contributed by atoms with Gasteiger partial charge in [0.2, 0.25) is 0 Å². The molecule has 0 aromatic carbocycles. The molecule has 0 aliphatic rings. The average Bonchev–Trinajstić information content (AvgIpc) is 3.02. The van der Waals surface area contributed by atoms with Crippen LogP contribution in [-0.4, -0.2) is 27.6 Å². The number of aliphatic carboxylic acids is 1. The fourth-order valence-corrected chi connectivity index (χ4v) is 2.81. The van der Waals surface area contributed by atoms with Crippen LogP contribution in [0.5, 0.6) is 0 Å². The van der Waals surface area contributed by atoms with Gasteiger partial charge in [0, 0.05) is 12.4 Å². The fraction of sp³-hybridized carbons (Fsp3) is 0.333. The molecule has 2 aromatic rings. The van der Waals surface area contributed by atoms with Gasteiger partial charge in [0.15, 0.2) is 0 Å². The molecular formula is C15H18N2O3S. The standard InChI is InChI=1S/C15H18N2O3S/c1-15(2,3)12(14(19)20)16-13(18)11-10(6-9-21-11)17-7-4-5-8-17/h4-9,12H,1-3H3,(H,16,18)(H,19,20)/t12-/m1/s1. The van der Waals surface area contributed by atoms with E-state index < -0.39 is 17.4 Å². The number of carbonyl (C=O) groups is 2. The predicted octanol–water partition coefficient (Wildman–Crippen LogP) is 2.77. The maximum atomic E-state index is 12.4. The molecule has 0 fully saturated rings. The molecule has 0 aliphatic carbocycles. The van der Waals surface area contributed by atoms with Crippen molar-refractivity contribution in [1.82, 2.24) is 9.88 Å². The third-order valence-corrected chi connectivity index (χ3v) is 4.02. The summed E-state index contributed by atoms with van der Waals surface area (Å²) in [4.78, 5) is 24.3. The van der Waals surface area contributed by atoms with Crippen LogP contribution in [0.3, 0.4) is 0 Å². The van der Waals surface area contributed by atoms with E-state index in [9.17, 15) is 14.7 Å². The molecule has 2 N–H and O–H groups in total. The first-order chi connectivity index (χ1) is 9.80. The van der Waals surface area contributed by atoms with Crippen molar-refractivity contribution >= 4 is 23.2 Å². The van der Waals surface area contributed by atoms with Crippen LogP contribution in [0.1, 0.15) is 30.4 Å². The summed E-state index contributed by atoms with van der Waals surface area (Å²) in [5.74, 6) is -1.40. The molecule has 0 spiro atoms. The van der Waals surface area contributed by atoms with E-state index in [0.29, 0.717) is 4.88 Å². The number of thiophene rings is 1. The van der Waals surface area contributed by atoms with Crippen LogP contribution in [-0.2, 0) is 4.79 Å².